The van der Waals surface area contributed by atoms with Gasteiger partial charge in [-0.05, 0) is 45.9 Å². The Bertz CT molecular complexity index is 954. The molecule has 0 spiro atoms. The standard InChI is InChI=1S/C20H25N3O3/c1-13-18-16(8-9-21-13)15-7-6-14(25-5)12-17(15)23(18)11-10-22-19(24)26-20(2,3)4/h6-9,12H,10-11H2,1-5H3,(H,22,24). The van der Waals surface area contributed by atoms with Gasteiger partial charge < -0.3 is 19.4 Å². The summed E-state index contributed by atoms with van der Waals surface area (Å²) in [5, 5.41) is 5.11. The molecule has 26 heavy (non-hydrogen) atoms. The van der Waals surface area contributed by atoms with Crippen LogP contribution in [-0.4, -0.2) is 34.9 Å². The fourth-order valence-corrected chi connectivity index (χ4v) is 3.14. The van der Waals surface area contributed by atoms with Crippen molar-refractivity contribution in [1.29, 1.82) is 0 Å². The van der Waals surface area contributed by atoms with Gasteiger partial charge >= 0.3 is 6.09 Å². The molecule has 1 N–H and O–H groups in total. The number of fused-ring (bicyclic) bond motifs is 3. The van der Waals surface area contributed by atoms with Crippen LogP contribution in [0.5, 0.6) is 5.75 Å². The number of hydrogen-bond acceptors (Lipinski definition) is 4. The van der Waals surface area contributed by atoms with Gasteiger partial charge in [-0.25, -0.2) is 4.79 Å². The molecule has 0 saturated heterocycles. The van der Waals surface area contributed by atoms with E-state index in [-0.39, 0.29) is 0 Å². The number of alkyl carbamates (subject to hydrolysis) is 1. The van der Waals surface area contributed by atoms with E-state index in [9.17, 15) is 4.79 Å². The van der Waals surface area contributed by atoms with Crippen molar-refractivity contribution < 1.29 is 14.3 Å². The predicted octanol–water partition coefficient (Wildman–Crippen LogP) is 4.03. The molecular weight excluding hydrogens is 330 g/mol. The highest BCUT2D eigenvalue weighted by molar-refractivity contribution is 6.09. The maximum Gasteiger partial charge on any atom is 0.407 e. The average Bonchev–Trinajstić information content (AvgIpc) is 2.88. The third-order valence-corrected chi connectivity index (χ3v) is 4.17. The summed E-state index contributed by atoms with van der Waals surface area (Å²) in [5.41, 5.74) is 2.57. The number of nitrogens with one attached hydrogen (secondary N) is 1. The van der Waals surface area contributed by atoms with Crippen molar-refractivity contribution >= 4 is 27.9 Å². The fraction of sp³-hybridized carbons (Fsp3) is 0.400. The molecule has 1 aromatic carbocycles. The number of carbonyl (C=O) groups is 1. The lowest BCUT2D eigenvalue weighted by Crippen LogP contribution is -2.34. The molecule has 0 aliphatic heterocycles. The summed E-state index contributed by atoms with van der Waals surface area (Å²) in [7, 11) is 1.66. The van der Waals surface area contributed by atoms with Crippen LogP contribution in [0.15, 0.2) is 30.5 Å². The van der Waals surface area contributed by atoms with Gasteiger partial charge in [0, 0.05) is 36.1 Å². The maximum absolute atomic E-state index is 11.9. The van der Waals surface area contributed by atoms with E-state index in [2.05, 4.69) is 20.9 Å². The lowest BCUT2D eigenvalue weighted by atomic mass is 10.1. The molecule has 2 heterocycles. The molecule has 0 aliphatic carbocycles. The third-order valence-electron chi connectivity index (χ3n) is 4.17. The van der Waals surface area contributed by atoms with Crippen LogP contribution in [0, 0.1) is 6.92 Å². The van der Waals surface area contributed by atoms with Crippen LogP contribution in [0.1, 0.15) is 26.5 Å². The van der Waals surface area contributed by atoms with E-state index in [4.69, 9.17) is 9.47 Å². The topological polar surface area (TPSA) is 65.4 Å². The summed E-state index contributed by atoms with van der Waals surface area (Å²) in [6.07, 6.45) is 1.41. The number of methoxy groups -OCH3 is 1. The molecule has 0 radical (unpaired) electrons. The second kappa shape index (κ2) is 6.86. The molecule has 0 aliphatic rings. The minimum absolute atomic E-state index is 0.411. The van der Waals surface area contributed by atoms with Gasteiger partial charge in [-0.1, -0.05) is 0 Å². The Morgan fingerprint density at radius 1 is 1.23 bits per heavy atom. The van der Waals surface area contributed by atoms with Gasteiger partial charge in [0.25, 0.3) is 0 Å². The van der Waals surface area contributed by atoms with Gasteiger partial charge in [-0.15, -0.1) is 0 Å². The van der Waals surface area contributed by atoms with Gasteiger partial charge in [0.05, 0.1) is 23.8 Å². The van der Waals surface area contributed by atoms with Crippen molar-refractivity contribution in [3.8, 4) is 5.75 Å². The number of amides is 1. The van der Waals surface area contributed by atoms with Gasteiger partial charge in [0.1, 0.15) is 11.4 Å². The van der Waals surface area contributed by atoms with Gasteiger partial charge in [0.2, 0.25) is 0 Å². The number of carbonyl (C=O) groups excluding carboxylic acids is 1. The van der Waals surface area contributed by atoms with E-state index in [1.807, 2.05) is 52.1 Å². The summed E-state index contributed by atoms with van der Waals surface area (Å²) >= 11 is 0. The minimum Gasteiger partial charge on any atom is -0.497 e. The number of aromatic nitrogens is 2. The minimum atomic E-state index is -0.509. The maximum atomic E-state index is 11.9. The van der Waals surface area contributed by atoms with Crippen molar-refractivity contribution in [3.63, 3.8) is 0 Å². The van der Waals surface area contributed by atoms with Crippen molar-refractivity contribution in [3.05, 3.63) is 36.2 Å². The highest BCUT2D eigenvalue weighted by Crippen LogP contribution is 2.32. The number of pyridine rings is 1. The molecule has 3 aromatic rings. The van der Waals surface area contributed by atoms with Gasteiger partial charge in [0.15, 0.2) is 0 Å². The molecule has 6 nitrogen and oxygen atoms in total. The van der Waals surface area contributed by atoms with Crippen LogP contribution in [-0.2, 0) is 11.3 Å². The summed E-state index contributed by atoms with van der Waals surface area (Å²) in [4.78, 5) is 16.3. The molecule has 0 saturated carbocycles. The van der Waals surface area contributed by atoms with Crippen molar-refractivity contribution in [2.45, 2.75) is 39.8 Å². The number of nitrogens with zero attached hydrogens (tertiary/aromatic N) is 2. The largest absolute Gasteiger partial charge is 0.497 e. The average molecular weight is 355 g/mol. The number of ether oxygens (including phenoxy) is 2. The first kappa shape index (κ1) is 18.0. The van der Waals surface area contributed by atoms with E-state index >= 15 is 0 Å². The quantitative estimate of drug-likeness (QED) is 0.767. The van der Waals surface area contributed by atoms with Crippen LogP contribution in [0.4, 0.5) is 4.79 Å². The Labute approximate surface area is 153 Å². The third kappa shape index (κ3) is 3.59. The van der Waals surface area contributed by atoms with E-state index in [1.54, 1.807) is 7.11 Å². The second-order valence-corrected chi connectivity index (χ2v) is 7.26. The normalized spacial score (nSPS) is 11.7. The van der Waals surface area contributed by atoms with Crippen LogP contribution >= 0.6 is 0 Å². The molecule has 0 bridgehead atoms. The monoisotopic (exact) mass is 355 g/mol. The SMILES string of the molecule is COc1ccc2c3ccnc(C)c3n(CCNC(=O)OC(C)(C)C)c2c1. The molecule has 0 unspecified atom stereocenters. The van der Waals surface area contributed by atoms with Crippen LogP contribution in [0.3, 0.4) is 0 Å². The van der Waals surface area contributed by atoms with E-state index in [1.165, 1.54) is 0 Å². The number of benzene rings is 1. The van der Waals surface area contributed by atoms with Gasteiger partial charge in [-0.3, -0.25) is 4.98 Å². The first-order valence-corrected chi connectivity index (χ1v) is 8.68. The van der Waals surface area contributed by atoms with Crippen LogP contribution < -0.4 is 10.1 Å². The Balaban J connectivity index is 1.94. The molecule has 1 amide bonds. The van der Waals surface area contributed by atoms with Gasteiger partial charge in [-0.2, -0.15) is 0 Å². The molecule has 138 valence electrons. The number of hydrogen-bond donors (Lipinski definition) is 1. The smallest absolute Gasteiger partial charge is 0.407 e. The van der Waals surface area contributed by atoms with E-state index in [0.717, 1.165) is 33.2 Å². The molecule has 6 heteroatoms. The van der Waals surface area contributed by atoms with Crippen LogP contribution in [0.25, 0.3) is 21.8 Å². The zero-order valence-corrected chi connectivity index (χ0v) is 15.9. The lowest BCUT2D eigenvalue weighted by Gasteiger charge is -2.20. The Hall–Kier alpha value is -2.76. The molecule has 0 atom stereocenters. The Kier molecular flexibility index (Phi) is 4.76. The Morgan fingerprint density at radius 2 is 2.00 bits per heavy atom. The zero-order chi connectivity index (χ0) is 18.9. The lowest BCUT2D eigenvalue weighted by molar-refractivity contribution is 0.0526. The van der Waals surface area contributed by atoms with E-state index in [0.29, 0.717) is 13.1 Å². The predicted molar refractivity (Wildman–Crippen MR) is 103 cm³/mol. The van der Waals surface area contributed by atoms with E-state index < -0.39 is 11.7 Å². The second-order valence-electron chi connectivity index (χ2n) is 7.26. The highest BCUT2D eigenvalue weighted by Gasteiger charge is 2.17. The molecular formula is C20H25N3O3. The highest BCUT2D eigenvalue weighted by atomic mass is 16.6. The number of aryl methyl sites for hydroxylation is 1. The van der Waals surface area contributed by atoms with Crippen molar-refractivity contribution in [2.75, 3.05) is 13.7 Å². The summed E-state index contributed by atoms with van der Waals surface area (Å²) in [5.74, 6) is 0.798. The first-order chi connectivity index (χ1) is 12.3. The number of rotatable bonds is 4. The van der Waals surface area contributed by atoms with Crippen molar-refractivity contribution in [1.82, 2.24) is 14.9 Å². The van der Waals surface area contributed by atoms with Crippen molar-refractivity contribution in [2.24, 2.45) is 0 Å². The summed E-state index contributed by atoms with van der Waals surface area (Å²) < 4.78 is 12.9. The Morgan fingerprint density at radius 3 is 2.69 bits per heavy atom. The molecule has 3 rings (SSSR count). The molecule has 0 fully saturated rings. The summed E-state index contributed by atoms with van der Waals surface area (Å²) in [6.45, 7) is 8.61. The fourth-order valence-electron chi connectivity index (χ4n) is 3.14. The first-order valence-electron chi connectivity index (χ1n) is 8.68. The van der Waals surface area contributed by atoms with Crippen LogP contribution in [0.2, 0.25) is 0 Å². The zero-order valence-electron chi connectivity index (χ0n) is 15.9. The molecule has 2 aromatic heterocycles. The summed E-state index contributed by atoms with van der Waals surface area (Å²) in [6, 6.07) is 8.06.